The molecular formula is C8H14ClN3O4. The minimum atomic E-state index is -1.23. The second-order valence-corrected chi connectivity index (χ2v) is 3.45. The Morgan fingerprint density at radius 2 is 2.00 bits per heavy atom. The molecular weight excluding hydrogens is 238 g/mol. The highest BCUT2D eigenvalue weighted by atomic mass is 35.5. The standard InChI is InChI=1S/C8H14ClN3O4/c1-4(12-9)7(14)11-5(8(15)16)2-3-6(10)13/h4-5,12H,2-3H2,1H3,(H2,10,13)(H,11,14)(H,15,16)/t4-,5-/m0/s1. The highest BCUT2D eigenvalue weighted by Crippen LogP contribution is 1.98. The van der Waals surface area contributed by atoms with E-state index in [1.807, 2.05) is 0 Å². The molecule has 0 saturated heterocycles. The maximum Gasteiger partial charge on any atom is 0.326 e. The van der Waals surface area contributed by atoms with Gasteiger partial charge in [0, 0.05) is 6.42 Å². The van der Waals surface area contributed by atoms with Crippen LogP contribution in [0.5, 0.6) is 0 Å². The van der Waals surface area contributed by atoms with Crippen LogP contribution in [0.4, 0.5) is 0 Å². The zero-order valence-electron chi connectivity index (χ0n) is 8.70. The van der Waals surface area contributed by atoms with Gasteiger partial charge in [-0.3, -0.25) is 9.59 Å². The number of carbonyl (C=O) groups excluding carboxylic acids is 2. The Balaban J connectivity index is 4.28. The molecule has 8 heteroatoms. The van der Waals surface area contributed by atoms with Gasteiger partial charge in [0.1, 0.15) is 6.04 Å². The summed E-state index contributed by atoms with van der Waals surface area (Å²) in [5.74, 6) is -2.41. The van der Waals surface area contributed by atoms with Gasteiger partial charge in [0.2, 0.25) is 11.8 Å². The van der Waals surface area contributed by atoms with Crippen molar-refractivity contribution in [1.82, 2.24) is 10.2 Å². The monoisotopic (exact) mass is 251 g/mol. The largest absolute Gasteiger partial charge is 0.480 e. The van der Waals surface area contributed by atoms with Gasteiger partial charge in [0.05, 0.1) is 6.04 Å². The van der Waals surface area contributed by atoms with Gasteiger partial charge in [-0.05, 0) is 25.1 Å². The molecule has 16 heavy (non-hydrogen) atoms. The number of hydrogen-bond acceptors (Lipinski definition) is 4. The number of carbonyl (C=O) groups is 3. The van der Waals surface area contributed by atoms with E-state index < -0.39 is 29.9 Å². The van der Waals surface area contributed by atoms with Gasteiger partial charge in [-0.15, -0.1) is 0 Å². The van der Waals surface area contributed by atoms with Crippen LogP contribution < -0.4 is 15.9 Å². The number of aliphatic carboxylic acids is 1. The number of carboxylic acid groups (broad SMARTS) is 1. The third kappa shape index (κ3) is 5.52. The van der Waals surface area contributed by atoms with E-state index in [1.165, 1.54) is 6.92 Å². The fraction of sp³-hybridized carbons (Fsp3) is 0.625. The van der Waals surface area contributed by atoms with Crippen molar-refractivity contribution in [2.45, 2.75) is 31.8 Å². The van der Waals surface area contributed by atoms with Crippen LogP contribution in [0.3, 0.4) is 0 Å². The van der Waals surface area contributed by atoms with Crippen LogP contribution in [0, 0.1) is 0 Å². The smallest absolute Gasteiger partial charge is 0.326 e. The number of halogens is 1. The minimum Gasteiger partial charge on any atom is -0.480 e. The van der Waals surface area contributed by atoms with Crippen molar-refractivity contribution in [3.05, 3.63) is 0 Å². The lowest BCUT2D eigenvalue weighted by Crippen LogP contribution is -2.47. The van der Waals surface area contributed by atoms with Gasteiger partial charge in [-0.1, -0.05) is 0 Å². The SMILES string of the molecule is C[C@H](NCl)C(=O)N[C@@H](CCC(N)=O)C(=O)O. The Bertz CT molecular complexity index is 284. The van der Waals surface area contributed by atoms with E-state index in [9.17, 15) is 14.4 Å². The third-order valence-electron chi connectivity index (χ3n) is 1.85. The molecule has 0 bridgehead atoms. The molecule has 5 N–H and O–H groups in total. The van der Waals surface area contributed by atoms with Crippen LogP contribution in [0.2, 0.25) is 0 Å². The number of hydrogen-bond donors (Lipinski definition) is 4. The molecule has 0 aromatic carbocycles. The molecule has 0 heterocycles. The van der Waals surface area contributed by atoms with E-state index in [1.54, 1.807) is 0 Å². The van der Waals surface area contributed by atoms with Gasteiger partial charge in [-0.2, -0.15) is 0 Å². The van der Waals surface area contributed by atoms with Crippen LogP contribution in [-0.4, -0.2) is 35.0 Å². The number of amides is 2. The maximum atomic E-state index is 11.3. The Morgan fingerprint density at radius 1 is 1.44 bits per heavy atom. The van der Waals surface area contributed by atoms with E-state index in [0.29, 0.717) is 0 Å². The molecule has 0 aromatic heterocycles. The fourth-order valence-corrected chi connectivity index (χ4v) is 0.989. The van der Waals surface area contributed by atoms with Crippen LogP contribution in [0.25, 0.3) is 0 Å². The summed E-state index contributed by atoms with van der Waals surface area (Å²) >= 11 is 5.21. The first-order valence-corrected chi connectivity index (χ1v) is 4.94. The highest BCUT2D eigenvalue weighted by molar-refractivity contribution is 6.15. The lowest BCUT2D eigenvalue weighted by Gasteiger charge is -2.16. The Hall–Kier alpha value is -1.34. The second-order valence-electron chi connectivity index (χ2n) is 3.24. The van der Waals surface area contributed by atoms with Crippen LogP contribution in [0.1, 0.15) is 19.8 Å². The van der Waals surface area contributed by atoms with E-state index in [-0.39, 0.29) is 12.8 Å². The lowest BCUT2D eigenvalue weighted by molar-refractivity contribution is -0.142. The second kappa shape index (κ2) is 7.02. The zero-order valence-corrected chi connectivity index (χ0v) is 9.45. The first-order chi connectivity index (χ1) is 7.38. The van der Waals surface area contributed by atoms with Gasteiger partial charge in [0.25, 0.3) is 0 Å². The predicted molar refractivity (Wildman–Crippen MR) is 56.4 cm³/mol. The number of nitrogens with two attached hydrogens (primary N) is 1. The summed E-state index contributed by atoms with van der Waals surface area (Å²) in [5, 5.41) is 11.0. The molecule has 0 radical (unpaired) electrons. The van der Waals surface area contributed by atoms with Crippen molar-refractivity contribution in [2.75, 3.05) is 0 Å². The molecule has 0 saturated carbocycles. The molecule has 0 aromatic rings. The number of primary amides is 1. The van der Waals surface area contributed by atoms with Crippen LogP contribution >= 0.6 is 11.8 Å². The first-order valence-electron chi connectivity index (χ1n) is 4.56. The Kier molecular flexibility index (Phi) is 6.43. The van der Waals surface area contributed by atoms with Crippen LogP contribution in [-0.2, 0) is 14.4 Å². The summed E-state index contributed by atoms with van der Waals surface area (Å²) in [5.41, 5.74) is 4.88. The number of rotatable bonds is 7. The maximum absolute atomic E-state index is 11.3. The quantitative estimate of drug-likeness (QED) is 0.430. The van der Waals surface area contributed by atoms with Crippen molar-refractivity contribution in [1.29, 1.82) is 0 Å². The first kappa shape index (κ1) is 14.7. The molecule has 0 aliphatic heterocycles. The summed E-state index contributed by atoms with van der Waals surface area (Å²) in [6.45, 7) is 1.47. The summed E-state index contributed by atoms with van der Waals surface area (Å²) in [6, 6.07) is -1.87. The highest BCUT2D eigenvalue weighted by Gasteiger charge is 2.22. The predicted octanol–water partition coefficient (Wildman–Crippen LogP) is -1.05. The van der Waals surface area contributed by atoms with Gasteiger partial charge < -0.3 is 16.2 Å². The van der Waals surface area contributed by atoms with Crippen molar-refractivity contribution < 1.29 is 19.5 Å². The Morgan fingerprint density at radius 3 is 2.38 bits per heavy atom. The average molecular weight is 252 g/mol. The molecule has 92 valence electrons. The summed E-state index contributed by atoms with van der Waals surface area (Å²) in [4.78, 5) is 34.7. The summed E-state index contributed by atoms with van der Waals surface area (Å²) < 4.78 is 0. The fourth-order valence-electron chi connectivity index (χ4n) is 0.890. The van der Waals surface area contributed by atoms with Crippen molar-refractivity contribution in [3.8, 4) is 0 Å². The van der Waals surface area contributed by atoms with E-state index in [0.717, 1.165) is 0 Å². The van der Waals surface area contributed by atoms with Crippen molar-refractivity contribution in [3.63, 3.8) is 0 Å². The zero-order chi connectivity index (χ0) is 12.7. The number of nitrogens with one attached hydrogen (secondary N) is 2. The lowest BCUT2D eigenvalue weighted by atomic mass is 10.1. The molecule has 7 nitrogen and oxygen atoms in total. The van der Waals surface area contributed by atoms with E-state index in [4.69, 9.17) is 22.6 Å². The third-order valence-corrected chi connectivity index (χ3v) is 2.18. The summed E-state index contributed by atoms with van der Waals surface area (Å²) in [6.07, 6.45) is -0.161. The van der Waals surface area contributed by atoms with Crippen molar-refractivity contribution >= 4 is 29.6 Å². The van der Waals surface area contributed by atoms with E-state index >= 15 is 0 Å². The van der Waals surface area contributed by atoms with Gasteiger partial charge >= 0.3 is 5.97 Å². The normalized spacial score (nSPS) is 13.9. The molecule has 2 amide bonds. The average Bonchev–Trinajstić information content (AvgIpc) is 2.21. The topological polar surface area (TPSA) is 122 Å². The molecule has 2 atom stereocenters. The van der Waals surface area contributed by atoms with Crippen molar-refractivity contribution in [2.24, 2.45) is 5.73 Å². The molecule has 0 aliphatic carbocycles. The molecule has 0 fully saturated rings. The molecule has 0 aliphatic rings. The summed E-state index contributed by atoms with van der Waals surface area (Å²) in [7, 11) is 0. The molecule has 0 rings (SSSR count). The molecule has 0 spiro atoms. The molecule has 0 unspecified atom stereocenters. The van der Waals surface area contributed by atoms with Crippen LogP contribution in [0.15, 0.2) is 0 Å². The number of carboxylic acids is 1. The minimum absolute atomic E-state index is 0.0502. The van der Waals surface area contributed by atoms with Gasteiger partial charge in [-0.25, -0.2) is 9.63 Å². The van der Waals surface area contributed by atoms with E-state index in [2.05, 4.69) is 10.2 Å². The van der Waals surface area contributed by atoms with Gasteiger partial charge in [0.15, 0.2) is 0 Å². The Labute approximate surface area is 97.4 Å².